The van der Waals surface area contributed by atoms with Crippen molar-refractivity contribution in [3.63, 3.8) is 0 Å². The van der Waals surface area contributed by atoms with Crippen molar-refractivity contribution in [1.29, 1.82) is 0 Å². The van der Waals surface area contributed by atoms with E-state index in [4.69, 9.17) is 6.42 Å². The Kier molecular flexibility index (Phi) is 5.14. The van der Waals surface area contributed by atoms with Gasteiger partial charge in [-0.3, -0.25) is 0 Å². The van der Waals surface area contributed by atoms with Crippen LogP contribution in [0.4, 0.5) is 0 Å². The smallest absolute Gasteiger partial charge is 0.0499 e. The first-order chi connectivity index (χ1) is 7.22. The van der Waals surface area contributed by atoms with Gasteiger partial charge in [0.1, 0.15) is 0 Å². The number of aliphatic hydroxyl groups is 1. The summed E-state index contributed by atoms with van der Waals surface area (Å²) in [6.45, 7) is 3.32. The molecular weight excluding hydrogens is 186 g/mol. The zero-order chi connectivity index (χ0) is 11.1. The molecule has 86 valence electrons. The molecule has 1 unspecified atom stereocenters. The number of terminal acetylenes is 1. The van der Waals surface area contributed by atoms with Crippen LogP contribution in [-0.4, -0.2) is 24.3 Å². The van der Waals surface area contributed by atoms with Crippen LogP contribution in [0.15, 0.2) is 0 Å². The van der Waals surface area contributed by atoms with Gasteiger partial charge in [0.15, 0.2) is 0 Å². The minimum absolute atomic E-state index is 0.126. The molecule has 15 heavy (non-hydrogen) atoms. The van der Waals surface area contributed by atoms with Crippen molar-refractivity contribution in [2.75, 3.05) is 13.2 Å². The van der Waals surface area contributed by atoms with E-state index in [2.05, 4.69) is 18.2 Å². The van der Waals surface area contributed by atoms with Crippen molar-refractivity contribution in [2.45, 2.75) is 51.5 Å². The molecular formula is C13H23NO. The molecule has 2 heteroatoms. The minimum atomic E-state index is 0.126. The average molecular weight is 209 g/mol. The summed E-state index contributed by atoms with van der Waals surface area (Å²) < 4.78 is 0. The van der Waals surface area contributed by atoms with Gasteiger partial charge in [-0.2, -0.15) is 0 Å². The highest BCUT2D eigenvalue weighted by atomic mass is 16.3. The van der Waals surface area contributed by atoms with Crippen molar-refractivity contribution in [1.82, 2.24) is 5.32 Å². The Morgan fingerprint density at radius 2 is 2.07 bits per heavy atom. The maximum Gasteiger partial charge on any atom is 0.0499 e. The third kappa shape index (κ3) is 3.85. The molecule has 1 atom stereocenters. The molecule has 0 aromatic heterocycles. The van der Waals surface area contributed by atoms with Gasteiger partial charge in [0.05, 0.1) is 0 Å². The van der Waals surface area contributed by atoms with Gasteiger partial charge in [0.2, 0.25) is 0 Å². The number of hydrogen-bond acceptors (Lipinski definition) is 2. The van der Waals surface area contributed by atoms with E-state index in [-0.39, 0.29) is 5.41 Å². The van der Waals surface area contributed by atoms with Crippen molar-refractivity contribution < 1.29 is 5.11 Å². The van der Waals surface area contributed by atoms with Crippen molar-refractivity contribution in [3.05, 3.63) is 0 Å². The molecule has 0 bridgehead atoms. The Hall–Kier alpha value is -0.520. The largest absolute Gasteiger partial charge is 0.396 e. The van der Waals surface area contributed by atoms with Crippen LogP contribution in [0, 0.1) is 17.8 Å². The van der Waals surface area contributed by atoms with Crippen LogP contribution in [0.5, 0.6) is 0 Å². The van der Waals surface area contributed by atoms with E-state index >= 15 is 0 Å². The first-order valence-electron chi connectivity index (χ1n) is 6.00. The molecule has 2 nitrogen and oxygen atoms in total. The van der Waals surface area contributed by atoms with E-state index in [0.717, 1.165) is 25.8 Å². The molecule has 1 aliphatic carbocycles. The minimum Gasteiger partial charge on any atom is -0.396 e. The first-order valence-corrected chi connectivity index (χ1v) is 6.00. The lowest BCUT2D eigenvalue weighted by Crippen LogP contribution is -2.42. The summed E-state index contributed by atoms with van der Waals surface area (Å²) in [6, 6.07) is 0.361. The van der Waals surface area contributed by atoms with Crippen LogP contribution in [0.3, 0.4) is 0 Å². The summed E-state index contributed by atoms with van der Waals surface area (Å²) >= 11 is 0. The van der Waals surface area contributed by atoms with Crippen LogP contribution in [0.1, 0.15) is 45.4 Å². The maximum absolute atomic E-state index is 9.50. The molecule has 0 heterocycles. The standard InChI is InChI=1S/C13H23NO/c1-3-7-12(2)14-10-13(11-15)8-5-4-6-9-13/h1,12,14-15H,4-11H2,2H3. The predicted molar refractivity (Wildman–Crippen MR) is 63.5 cm³/mol. The lowest BCUT2D eigenvalue weighted by Gasteiger charge is -2.36. The Balaban J connectivity index is 2.36. The molecule has 1 saturated carbocycles. The van der Waals surface area contributed by atoms with Crippen LogP contribution < -0.4 is 5.32 Å². The van der Waals surface area contributed by atoms with Crippen LogP contribution >= 0.6 is 0 Å². The Bertz CT molecular complexity index is 213. The lowest BCUT2D eigenvalue weighted by molar-refractivity contribution is 0.0790. The monoisotopic (exact) mass is 209 g/mol. The van der Waals surface area contributed by atoms with Gasteiger partial charge in [0, 0.05) is 31.0 Å². The Morgan fingerprint density at radius 3 is 2.60 bits per heavy atom. The summed E-state index contributed by atoms with van der Waals surface area (Å²) in [6.07, 6.45) is 12.2. The normalized spacial score (nSPS) is 21.9. The molecule has 1 rings (SSSR count). The number of aliphatic hydroxyl groups excluding tert-OH is 1. The van der Waals surface area contributed by atoms with Gasteiger partial charge in [-0.1, -0.05) is 19.3 Å². The van der Waals surface area contributed by atoms with E-state index in [0.29, 0.717) is 12.6 Å². The van der Waals surface area contributed by atoms with Crippen LogP contribution in [-0.2, 0) is 0 Å². The molecule has 1 fully saturated rings. The summed E-state index contributed by atoms with van der Waals surface area (Å²) in [4.78, 5) is 0. The molecule has 0 aromatic carbocycles. The van der Waals surface area contributed by atoms with Gasteiger partial charge < -0.3 is 10.4 Å². The third-order valence-corrected chi connectivity index (χ3v) is 3.50. The molecule has 1 aliphatic rings. The average Bonchev–Trinajstić information content (AvgIpc) is 2.28. The fourth-order valence-electron chi connectivity index (χ4n) is 2.33. The first kappa shape index (κ1) is 12.5. The van der Waals surface area contributed by atoms with Gasteiger partial charge in [-0.15, -0.1) is 12.3 Å². The second-order valence-corrected chi connectivity index (χ2v) is 4.91. The van der Waals surface area contributed by atoms with Gasteiger partial charge in [0.25, 0.3) is 0 Å². The second-order valence-electron chi connectivity index (χ2n) is 4.91. The van der Waals surface area contributed by atoms with E-state index in [1.807, 2.05) is 0 Å². The molecule has 0 amide bonds. The Labute approximate surface area is 93.5 Å². The van der Waals surface area contributed by atoms with Crippen molar-refractivity contribution in [2.24, 2.45) is 5.41 Å². The Morgan fingerprint density at radius 1 is 1.40 bits per heavy atom. The van der Waals surface area contributed by atoms with E-state index in [1.54, 1.807) is 0 Å². The van der Waals surface area contributed by atoms with Crippen LogP contribution in [0.25, 0.3) is 0 Å². The summed E-state index contributed by atoms with van der Waals surface area (Å²) in [5, 5.41) is 12.9. The highest BCUT2D eigenvalue weighted by Gasteiger charge is 2.31. The van der Waals surface area contributed by atoms with E-state index in [9.17, 15) is 5.11 Å². The highest BCUT2D eigenvalue weighted by Crippen LogP contribution is 2.35. The highest BCUT2D eigenvalue weighted by molar-refractivity contribution is 4.90. The second kappa shape index (κ2) is 6.15. The topological polar surface area (TPSA) is 32.3 Å². The molecule has 0 radical (unpaired) electrons. The zero-order valence-electron chi connectivity index (χ0n) is 9.76. The molecule has 2 N–H and O–H groups in total. The number of hydrogen-bond donors (Lipinski definition) is 2. The summed E-state index contributed by atoms with van der Waals surface area (Å²) in [7, 11) is 0. The van der Waals surface area contributed by atoms with E-state index < -0.39 is 0 Å². The van der Waals surface area contributed by atoms with Gasteiger partial charge in [-0.25, -0.2) is 0 Å². The fourth-order valence-corrected chi connectivity index (χ4v) is 2.33. The lowest BCUT2D eigenvalue weighted by atomic mass is 9.74. The summed E-state index contributed by atoms with van der Waals surface area (Å²) in [5.74, 6) is 2.66. The third-order valence-electron chi connectivity index (χ3n) is 3.50. The summed E-state index contributed by atoms with van der Waals surface area (Å²) in [5.41, 5.74) is 0.126. The quantitative estimate of drug-likeness (QED) is 0.678. The fraction of sp³-hybridized carbons (Fsp3) is 0.846. The molecule has 0 saturated heterocycles. The van der Waals surface area contributed by atoms with Crippen molar-refractivity contribution in [3.8, 4) is 12.3 Å². The van der Waals surface area contributed by atoms with Gasteiger partial charge >= 0.3 is 0 Å². The van der Waals surface area contributed by atoms with E-state index in [1.165, 1.54) is 19.3 Å². The van der Waals surface area contributed by atoms with Gasteiger partial charge in [-0.05, 0) is 19.8 Å². The van der Waals surface area contributed by atoms with Crippen LogP contribution in [0.2, 0.25) is 0 Å². The molecule has 0 aliphatic heterocycles. The SMILES string of the molecule is C#CCC(C)NCC1(CO)CCCCC1. The molecule has 0 spiro atoms. The zero-order valence-corrected chi connectivity index (χ0v) is 9.76. The number of nitrogens with one attached hydrogen (secondary N) is 1. The number of rotatable bonds is 5. The predicted octanol–water partition coefficient (Wildman–Crippen LogP) is 1.93. The van der Waals surface area contributed by atoms with Crippen molar-refractivity contribution >= 4 is 0 Å². The maximum atomic E-state index is 9.50. The molecule has 0 aromatic rings.